The highest BCUT2D eigenvalue weighted by Crippen LogP contribution is 2.48. The molecule has 5 heteroatoms. The second-order valence-corrected chi connectivity index (χ2v) is 14.2. The molecule has 5 aromatic heterocycles. The predicted molar refractivity (Wildman–Crippen MR) is 220 cm³/mol. The minimum atomic E-state index is 0.894. The summed E-state index contributed by atoms with van der Waals surface area (Å²) in [4.78, 5) is 10.5. The van der Waals surface area contributed by atoms with E-state index in [4.69, 9.17) is 9.97 Å². The topological polar surface area (TPSA) is 40.0 Å². The minimum Gasteiger partial charge on any atom is -0.309 e. The van der Waals surface area contributed by atoms with Gasteiger partial charge in [0.2, 0.25) is 0 Å². The first kappa shape index (κ1) is 27.5. The third-order valence-corrected chi connectivity index (χ3v) is 11.5. The molecule has 0 saturated carbocycles. The van der Waals surface area contributed by atoms with Crippen LogP contribution >= 0.6 is 0 Å². The predicted octanol–water partition coefficient (Wildman–Crippen LogP) is 12.1. The molecule has 0 bridgehead atoms. The summed E-state index contributed by atoms with van der Waals surface area (Å²) < 4.78 is 7.29. The van der Waals surface area contributed by atoms with Gasteiger partial charge in [-0.2, -0.15) is 0 Å². The fourth-order valence-electron chi connectivity index (χ4n) is 9.44. The van der Waals surface area contributed by atoms with Gasteiger partial charge < -0.3 is 9.13 Å². The lowest BCUT2D eigenvalue weighted by atomic mass is 9.99. The van der Waals surface area contributed by atoms with Gasteiger partial charge in [-0.15, -0.1) is 0 Å². The number of nitrogens with zero attached hydrogens (tertiary/aromatic N) is 5. The third kappa shape index (κ3) is 3.37. The lowest BCUT2D eigenvalue weighted by Gasteiger charge is -2.13. The number of para-hydroxylation sites is 6. The van der Waals surface area contributed by atoms with Crippen molar-refractivity contribution in [2.45, 2.75) is 0 Å². The molecular formula is C48H27N5. The molecule has 0 fully saturated rings. The fraction of sp³-hybridized carbons (Fsp3) is 0. The SMILES string of the molecule is c1ccc(-n2c3ccccc3c3c4c5ccccc5n(-c5cc6c7ccccc7n7c8nc9ccccc9nc8c(c5)c67)c4c4ccccc4c32)cc1. The molecule has 0 radical (unpaired) electrons. The van der Waals surface area contributed by atoms with Gasteiger partial charge in [0.1, 0.15) is 5.52 Å². The van der Waals surface area contributed by atoms with Gasteiger partial charge in [0, 0.05) is 59.9 Å². The average molecular weight is 674 g/mol. The fourth-order valence-corrected chi connectivity index (χ4v) is 9.44. The lowest BCUT2D eigenvalue weighted by molar-refractivity contribution is 1.18. The second-order valence-electron chi connectivity index (χ2n) is 14.2. The van der Waals surface area contributed by atoms with Crippen LogP contribution in [0.5, 0.6) is 0 Å². The molecule has 8 aromatic carbocycles. The number of hydrogen-bond donors (Lipinski definition) is 0. The molecule has 0 atom stereocenters. The molecule has 244 valence electrons. The van der Waals surface area contributed by atoms with E-state index >= 15 is 0 Å². The van der Waals surface area contributed by atoms with Crippen molar-refractivity contribution in [2.75, 3.05) is 0 Å². The molecule has 0 N–H and O–H groups in total. The highest BCUT2D eigenvalue weighted by atomic mass is 15.0. The Morgan fingerprint density at radius 1 is 0.340 bits per heavy atom. The molecule has 13 rings (SSSR count). The van der Waals surface area contributed by atoms with Crippen molar-refractivity contribution in [3.05, 3.63) is 164 Å². The summed E-state index contributed by atoms with van der Waals surface area (Å²) in [5.41, 5.74) is 13.0. The summed E-state index contributed by atoms with van der Waals surface area (Å²) in [5.74, 6) is 0. The summed E-state index contributed by atoms with van der Waals surface area (Å²) >= 11 is 0. The first-order chi connectivity index (χ1) is 26.3. The van der Waals surface area contributed by atoms with Crippen molar-refractivity contribution in [1.82, 2.24) is 23.5 Å². The van der Waals surface area contributed by atoms with Crippen molar-refractivity contribution in [2.24, 2.45) is 0 Å². The van der Waals surface area contributed by atoms with Crippen molar-refractivity contribution >= 4 is 104 Å². The summed E-state index contributed by atoms with van der Waals surface area (Å²) in [5, 5.41) is 11.0. The monoisotopic (exact) mass is 673 g/mol. The lowest BCUT2D eigenvalue weighted by Crippen LogP contribution is -1.97. The first-order valence-electron chi connectivity index (χ1n) is 18.1. The van der Waals surface area contributed by atoms with E-state index in [2.05, 4.69) is 165 Å². The van der Waals surface area contributed by atoms with Crippen LogP contribution in [0.25, 0.3) is 115 Å². The Morgan fingerprint density at radius 3 is 1.49 bits per heavy atom. The summed E-state index contributed by atoms with van der Waals surface area (Å²) in [6, 6.07) is 59.2. The zero-order valence-electron chi connectivity index (χ0n) is 28.3. The van der Waals surface area contributed by atoms with Crippen molar-refractivity contribution in [3.63, 3.8) is 0 Å². The van der Waals surface area contributed by atoms with E-state index in [1.807, 2.05) is 12.1 Å². The van der Waals surface area contributed by atoms with Crippen LogP contribution in [0.4, 0.5) is 0 Å². The van der Waals surface area contributed by atoms with Gasteiger partial charge in [0.15, 0.2) is 5.65 Å². The molecule has 0 unspecified atom stereocenters. The summed E-state index contributed by atoms with van der Waals surface area (Å²) in [6.07, 6.45) is 0. The van der Waals surface area contributed by atoms with Crippen LogP contribution in [0, 0.1) is 0 Å². The van der Waals surface area contributed by atoms with Crippen LogP contribution in [0.2, 0.25) is 0 Å². The summed E-state index contributed by atoms with van der Waals surface area (Å²) in [6.45, 7) is 0. The normalized spacial score (nSPS) is 12.5. The maximum atomic E-state index is 5.28. The first-order valence-corrected chi connectivity index (χ1v) is 18.1. The van der Waals surface area contributed by atoms with E-state index in [9.17, 15) is 0 Å². The highest BCUT2D eigenvalue weighted by molar-refractivity contribution is 6.37. The summed E-state index contributed by atoms with van der Waals surface area (Å²) in [7, 11) is 0. The van der Waals surface area contributed by atoms with E-state index in [1.54, 1.807) is 0 Å². The number of hydrogen-bond acceptors (Lipinski definition) is 2. The quantitative estimate of drug-likeness (QED) is 0.183. The molecule has 53 heavy (non-hydrogen) atoms. The van der Waals surface area contributed by atoms with Gasteiger partial charge in [-0.05, 0) is 54.6 Å². The van der Waals surface area contributed by atoms with Gasteiger partial charge in [-0.1, -0.05) is 109 Å². The van der Waals surface area contributed by atoms with Gasteiger partial charge >= 0.3 is 0 Å². The van der Waals surface area contributed by atoms with E-state index in [0.29, 0.717) is 0 Å². The van der Waals surface area contributed by atoms with Gasteiger partial charge in [-0.25, -0.2) is 9.97 Å². The minimum absolute atomic E-state index is 0.894. The smallest absolute Gasteiger partial charge is 0.165 e. The molecule has 0 amide bonds. The Balaban J connectivity index is 1.27. The Kier molecular flexibility index (Phi) is 5.06. The molecule has 0 aliphatic rings. The molecular weight excluding hydrogens is 647 g/mol. The molecule has 5 nitrogen and oxygen atoms in total. The van der Waals surface area contributed by atoms with E-state index in [-0.39, 0.29) is 0 Å². The Morgan fingerprint density at radius 2 is 0.830 bits per heavy atom. The molecule has 13 aromatic rings. The van der Waals surface area contributed by atoms with Crippen LogP contribution in [0.3, 0.4) is 0 Å². The highest BCUT2D eigenvalue weighted by Gasteiger charge is 2.26. The Bertz CT molecular complexity index is 3680. The molecule has 0 aliphatic heterocycles. The van der Waals surface area contributed by atoms with Crippen LogP contribution in [-0.4, -0.2) is 23.5 Å². The number of fused-ring (bicyclic) bond motifs is 17. The van der Waals surface area contributed by atoms with Gasteiger partial charge in [0.05, 0.1) is 44.1 Å². The van der Waals surface area contributed by atoms with Crippen LogP contribution in [0.15, 0.2) is 164 Å². The maximum Gasteiger partial charge on any atom is 0.165 e. The largest absolute Gasteiger partial charge is 0.309 e. The van der Waals surface area contributed by atoms with Crippen LogP contribution in [0.1, 0.15) is 0 Å². The second kappa shape index (κ2) is 9.75. The molecule has 5 heterocycles. The van der Waals surface area contributed by atoms with Crippen molar-refractivity contribution in [1.29, 1.82) is 0 Å². The zero-order chi connectivity index (χ0) is 34.4. The average Bonchev–Trinajstić information content (AvgIpc) is 3.94. The Labute approximate surface area is 301 Å². The third-order valence-electron chi connectivity index (χ3n) is 11.5. The maximum absolute atomic E-state index is 5.28. The van der Waals surface area contributed by atoms with Gasteiger partial charge in [-0.3, -0.25) is 4.40 Å². The van der Waals surface area contributed by atoms with Crippen molar-refractivity contribution < 1.29 is 0 Å². The van der Waals surface area contributed by atoms with E-state index in [0.717, 1.165) is 44.5 Å². The number of rotatable bonds is 2. The van der Waals surface area contributed by atoms with Crippen LogP contribution in [-0.2, 0) is 0 Å². The van der Waals surface area contributed by atoms with E-state index in [1.165, 1.54) is 70.7 Å². The van der Waals surface area contributed by atoms with Crippen molar-refractivity contribution in [3.8, 4) is 11.4 Å². The molecule has 0 aliphatic carbocycles. The number of aromatic nitrogens is 5. The zero-order valence-corrected chi connectivity index (χ0v) is 28.3. The van der Waals surface area contributed by atoms with E-state index < -0.39 is 0 Å². The van der Waals surface area contributed by atoms with Gasteiger partial charge in [0.25, 0.3) is 0 Å². The number of benzene rings is 8. The van der Waals surface area contributed by atoms with Crippen LogP contribution < -0.4 is 0 Å². The Hall–Kier alpha value is -7.24. The molecule has 0 spiro atoms. The molecule has 0 saturated heterocycles. The standard InChI is InChI=1S/C48H27N5/c1-2-14-28(15-3-1)51-40-24-12-7-19-33(40)42-43-34-20-8-13-25-41(34)52(47(43)32-18-5-4-17-31(32)46(42)51)29-26-35-30-16-6-11-23-39(30)53-45(35)36(27-29)44-48(53)50-38-22-10-9-21-37(38)49-44/h1-27H.